The summed E-state index contributed by atoms with van der Waals surface area (Å²) >= 11 is 0. The number of nitrogens with one attached hydrogen (secondary N) is 1. The lowest BCUT2D eigenvalue weighted by Crippen LogP contribution is -2.51. The number of carbonyl (C=O) groups is 1. The molecule has 0 fully saturated rings. The molecule has 0 radical (unpaired) electrons. The van der Waals surface area contributed by atoms with Crippen molar-refractivity contribution in [1.82, 2.24) is 5.32 Å². The molecule has 5 nitrogen and oxygen atoms in total. The summed E-state index contributed by atoms with van der Waals surface area (Å²) in [6.07, 6.45) is 16.8. The lowest BCUT2D eigenvalue weighted by Gasteiger charge is -2.27. The van der Waals surface area contributed by atoms with Gasteiger partial charge in [-0.25, -0.2) is 0 Å². The number of amides is 1. The molecule has 6 heteroatoms. The van der Waals surface area contributed by atoms with Crippen molar-refractivity contribution >= 4 is 16.0 Å². The third kappa shape index (κ3) is 11.7. The van der Waals surface area contributed by atoms with Crippen LogP contribution in [0.1, 0.15) is 104 Å². The van der Waals surface area contributed by atoms with Gasteiger partial charge in [0, 0.05) is 0 Å². The fourth-order valence-corrected chi connectivity index (χ4v) is 3.68. The molecule has 0 spiro atoms. The number of hydrogen-bond acceptors (Lipinski definition) is 3. The molecule has 0 aliphatic heterocycles. The quantitative estimate of drug-likeness (QED) is 0.199. The first kappa shape index (κ1) is 25.1. The van der Waals surface area contributed by atoms with Crippen LogP contribution >= 0.6 is 0 Å². The summed E-state index contributed by atoms with van der Waals surface area (Å²) in [6.45, 7) is 6.88. The molecule has 26 heavy (non-hydrogen) atoms. The summed E-state index contributed by atoms with van der Waals surface area (Å²) in [7, 11) is -4.37. The van der Waals surface area contributed by atoms with Crippen LogP contribution in [0.4, 0.5) is 0 Å². The summed E-state index contributed by atoms with van der Waals surface area (Å²) in [6, 6.07) is 0. The minimum Gasteiger partial charge on any atom is -0.332 e. The van der Waals surface area contributed by atoms with Crippen molar-refractivity contribution in [2.45, 2.75) is 109 Å². The standard InChI is InChI=1S/C20H39NO4S/c1-4-6-7-8-9-10-11-12-13-14-15-16-17-18-20(3,26(23,24)25)21-19(22)5-2/h5H,2,4,6-18H2,1,3H3,(H,21,22)(H,23,24,25). The zero-order chi connectivity index (χ0) is 19.9. The number of unbranched alkanes of at least 4 members (excludes halogenated alkanes) is 12. The Morgan fingerprint density at radius 1 is 0.923 bits per heavy atom. The van der Waals surface area contributed by atoms with E-state index in [0.717, 1.165) is 25.3 Å². The van der Waals surface area contributed by atoms with Crippen LogP contribution in [0, 0.1) is 0 Å². The lowest BCUT2D eigenvalue weighted by atomic mass is 10.0. The van der Waals surface area contributed by atoms with Crippen molar-refractivity contribution in [3.8, 4) is 0 Å². The first-order chi connectivity index (χ1) is 12.3. The molecule has 0 saturated carbocycles. The Bertz CT molecular complexity index is 490. The zero-order valence-electron chi connectivity index (χ0n) is 16.8. The molecular weight excluding hydrogens is 350 g/mol. The maximum absolute atomic E-state index is 11.6. The monoisotopic (exact) mass is 389 g/mol. The summed E-state index contributed by atoms with van der Waals surface area (Å²) in [5.41, 5.74) is 0. The smallest absolute Gasteiger partial charge is 0.288 e. The van der Waals surface area contributed by atoms with Crippen LogP contribution in [-0.4, -0.2) is 23.7 Å². The third-order valence-electron chi connectivity index (χ3n) is 4.90. The first-order valence-electron chi connectivity index (χ1n) is 10.2. The molecule has 0 aromatic heterocycles. The van der Waals surface area contributed by atoms with E-state index >= 15 is 0 Å². The minimum atomic E-state index is -4.37. The van der Waals surface area contributed by atoms with Crippen molar-refractivity contribution in [1.29, 1.82) is 0 Å². The Morgan fingerprint density at radius 2 is 1.31 bits per heavy atom. The first-order valence-corrected chi connectivity index (χ1v) is 11.6. The van der Waals surface area contributed by atoms with Crippen LogP contribution in [0.3, 0.4) is 0 Å². The van der Waals surface area contributed by atoms with Gasteiger partial charge in [0.15, 0.2) is 4.87 Å². The summed E-state index contributed by atoms with van der Waals surface area (Å²) in [5, 5.41) is 2.33. The fourth-order valence-electron chi connectivity index (χ4n) is 3.05. The highest BCUT2D eigenvalue weighted by Gasteiger charge is 2.38. The molecule has 0 aromatic carbocycles. The summed E-state index contributed by atoms with van der Waals surface area (Å²) in [5.74, 6) is -0.597. The van der Waals surface area contributed by atoms with Crippen molar-refractivity contribution in [2.75, 3.05) is 0 Å². The topological polar surface area (TPSA) is 83.5 Å². The molecule has 0 rings (SSSR count). The Labute approximate surface area is 160 Å². The normalized spacial score (nSPS) is 14.0. The molecule has 1 unspecified atom stereocenters. The van der Waals surface area contributed by atoms with E-state index in [9.17, 15) is 17.8 Å². The van der Waals surface area contributed by atoms with Crippen molar-refractivity contribution < 1.29 is 17.8 Å². The van der Waals surface area contributed by atoms with E-state index in [2.05, 4.69) is 18.8 Å². The van der Waals surface area contributed by atoms with Crippen molar-refractivity contribution in [3.63, 3.8) is 0 Å². The van der Waals surface area contributed by atoms with Gasteiger partial charge in [-0.2, -0.15) is 8.42 Å². The van der Waals surface area contributed by atoms with Gasteiger partial charge >= 0.3 is 0 Å². The van der Waals surface area contributed by atoms with Gasteiger partial charge in [-0.3, -0.25) is 9.35 Å². The van der Waals surface area contributed by atoms with Crippen LogP contribution in [0.2, 0.25) is 0 Å². The van der Waals surface area contributed by atoms with Crippen molar-refractivity contribution in [3.05, 3.63) is 12.7 Å². The van der Waals surface area contributed by atoms with Gasteiger partial charge in [0.05, 0.1) is 0 Å². The molecule has 154 valence electrons. The van der Waals surface area contributed by atoms with Gasteiger partial charge < -0.3 is 5.32 Å². The highest BCUT2D eigenvalue weighted by atomic mass is 32.2. The zero-order valence-corrected chi connectivity index (χ0v) is 17.6. The van der Waals surface area contributed by atoms with E-state index in [1.165, 1.54) is 64.7 Å². The molecule has 0 aromatic rings. The molecule has 0 aliphatic rings. The lowest BCUT2D eigenvalue weighted by molar-refractivity contribution is -0.117. The molecule has 2 N–H and O–H groups in total. The SMILES string of the molecule is C=CC(=O)NC(C)(CCCCCCCCCCCCCCC)S(=O)(=O)O. The van der Waals surface area contributed by atoms with Crippen LogP contribution < -0.4 is 5.32 Å². The fraction of sp³-hybridized carbons (Fsp3) is 0.850. The molecule has 0 bridgehead atoms. The van der Waals surface area contributed by atoms with Gasteiger partial charge in [0.25, 0.3) is 10.1 Å². The Hall–Kier alpha value is -0.880. The van der Waals surface area contributed by atoms with E-state index in [4.69, 9.17) is 0 Å². The molecule has 0 heterocycles. The Kier molecular flexibility index (Phi) is 13.7. The predicted molar refractivity (Wildman–Crippen MR) is 109 cm³/mol. The van der Waals surface area contributed by atoms with E-state index in [1.807, 2.05) is 0 Å². The highest BCUT2D eigenvalue weighted by molar-refractivity contribution is 7.87. The Balaban J connectivity index is 3.77. The number of hydrogen-bond donors (Lipinski definition) is 2. The average Bonchev–Trinajstić information content (AvgIpc) is 2.57. The molecule has 1 amide bonds. The molecule has 0 saturated heterocycles. The van der Waals surface area contributed by atoms with Gasteiger partial charge in [-0.15, -0.1) is 0 Å². The summed E-state index contributed by atoms with van der Waals surface area (Å²) in [4.78, 5) is 9.76. The van der Waals surface area contributed by atoms with Gasteiger partial charge in [0.2, 0.25) is 5.91 Å². The average molecular weight is 390 g/mol. The highest BCUT2D eigenvalue weighted by Crippen LogP contribution is 2.21. The predicted octanol–water partition coefficient (Wildman–Crippen LogP) is 5.37. The Morgan fingerprint density at radius 3 is 1.65 bits per heavy atom. The molecule has 1 atom stereocenters. The minimum absolute atomic E-state index is 0.198. The second-order valence-corrected chi connectivity index (χ2v) is 9.24. The van der Waals surface area contributed by atoms with Gasteiger partial charge in [-0.05, 0) is 25.8 Å². The van der Waals surface area contributed by atoms with E-state index < -0.39 is 20.9 Å². The number of rotatable bonds is 17. The van der Waals surface area contributed by atoms with Crippen molar-refractivity contribution in [2.24, 2.45) is 0 Å². The third-order valence-corrected chi connectivity index (χ3v) is 6.34. The van der Waals surface area contributed by atoms with E-state index in [1.54, 1.807) is 0 Å². The molecule has 0 aliphatic carbocycles. The van der Waals surface area contributed by atoms with Crippen LogP contribution in [-0.2, 0) is 14.9 Å². The van der Waals surface area contributed by atoms with Gasteiger partial charge in [0.1, 0.15) is 0 Å². The maximum Gasteiger partial charge on any atom is 0.288 e. The summed E-state index contributed by atoms with van der Waals surface area (Å²) < 4.78 is 32.5. The van der Waals surface area contributed by atoms with Gasteiger partial charge in [-0.1, -0.05) is 90.6 Å². The second-order valence-electron chi connectivity index (χ2n) is 7.39. The van der Waals surface area contributed by atoms with Crippen LogP contribution in [0.5, 0.6) is 0 Å². The van der Waals surface area contributed by atoms with Crippen LogP contribution in [0.25, 0.3) is 0 Å². The largest absolute Gasteiger partial charge is 0.332 e. The van der Waals surface area contributed by atoms with E-state index in [0.29, 0.717) is 6.42 Å². The molecular formula is C20H39NO4S. The van der Waals surface area contributed by atoms with E-state index in [-0.39, 0.29) is 6.42 Å². The maximum atomic E-state index is 11.6. The second kappa shape index (κ2) is 14.2. The number of carbonyl (C=O) groups excluding carboxylic acids is 1. The van der Waals surface area contributed by atoms with Crippen LogP contribution in [0.15, 0.2) is 12.7 Å².